The molecule has 0 aromatic carbocycles. The van der Waals surface area contributed by atoms with Crippen LogP contribution in [0, 0.1) is 10.8 Å². The molecule has 2 N–H and O–H groups in total. The van der Waals surface area contributed by atoms with E-state index < -0.39 is 0 Å². The van der Waals surface area contributed by atoms with Crippen molar-refractivity contribution < 1.29 is 0 Å². The van der Waals surface area contributed by atoms with Crippen LogP contribution in [0.1, 0.15) is 0 Å². The summed E-state index contributed by atoms with van der Waals surface area (Å²) in [7, 11) is 0. The van der Waals surface area contributed by atoms with Gasteiger partial charge in [0.1, 0.15) is 11.7 Å². The van der Waals surface area contributed by atoms with Crippen molar-refractivity contribution in [3.8, 4) is 0 Å². The van der Waals surface area contributed by atoms with E-state index in [4.69, 9.17) is 10.8 Å². The van der Waals surface area contributed by atoms with Crippen molar-refractivity contribution in [2.75, 3.05) is 0 Å². The molecule has 1 rings (SSSR count). The summed E-state index contributed by atoms with van der Waals surface area (Å²) in [4.78, 5) is 0. The summed E-state index contributed by atoms with van der Waals surface area (Å²) in [6.45, 7) is 0. The van der Waals surface area contributed by atoms with Crippen LogP contribution in [0.4, 0.5) is 0 Å². The Kier molecular flexibility index (Phi) is 1.33. The molecule has 0 bridgehead atoms. The van der Waals surface area contributed by atoms with E-state index in [-0.39, 0.29) is 0 Å². The lowest BCUT2D eigenvalue weighted by Gasteiger charge is -2.04. The zero-order valence-corrected chi connectivity index (χ0v) is 6.14. The fourth-order valence-corrected chi connectivity index (χ4v) is 0.740. The van der Waals surface area contributed by atoms with E-state index in [1.807, 2.05) is 22.9 Å². The molecule has 0 fully saturated rings. The molecule has 8 heavy (non-hydrogen) atoms. The summed E-state index contributed by atoms with van der Waals surface area (Å²) in [5.41, 5.74) is 0. The van der Waals surface area contributed by atoms with Gasteiger partial charge in [-0.15, -0.1) is 0 Å². The Hall–Kier alpha value is -0.390. The monoisotopic (exact) mass is 221 g/mol. The van der Waals surface area contributed by atoms with Gasteiger partial charge in [0.15, 0.2) is 0 Å². The molecule has 1 heterocycles. The Morgan fingerprint density at radius 2 is 1.62 bits per heavy atom. The molecule has 42 valence electrons. The number of hydrogen-bond acceptors (Lipinski definition) is 2. The summed E-state index contributed by atoms with van der Waals surface area (Å²) in [5.74, 6) is 0.742. The molecule has 0 aromatic heterocycles. The number of halogens is 1. The minimum atomic E-state index is 0.371. The molecule has 3 nitrogen and oxygen atoms in total. The number of amidine groups is 2. The second-order valence-electron chi connectivity index (χ2n) is 1.38. The van der Waals surface area contributed by atoms with Gasteiger partial charge in [0.2, 0.25) is 0 Å². The van der Waals surface area contributed by atoms with Gasteiger partial charge in [-0.3, -0.25) is 13.9 Å². The van der Waals surface area contributed by atoms with Gasteiger partial charge in [-0.2, -0.15) is 0 Å². The fraction of sp³-hybridized carbons (Fsp3) is 0. The van der Waals surface area contributed by atoms with E-state index >= 15 is 0 Å². The maximum Gasteiger partial charge on any atom is 0.135 e. The molecular formula is C4H4IN3. The lowest BCUT2D eigenvalue weighted by atomic mass is 10.5. The van der Waals surface area contributed by atoms with Crippen molar-refractivity contribution in [2.24, 2.45) is 0 Å². The van der Waals surface area contributed by atoms with Crippen LogP contribution in [-0.2, 0) is 0 Å². The third-order valence-corrected chi connectivity index (χ3v) is 1.86. The Balaban J connectivity index is 2.84. The molecule has 0 aliphatic carbocycles. The molecule has 0 radical (unpaired) electrons. The molecule has 0 aromatic rings. The summed E-state index contributed by atoms with van der Waals surface area (Å²) in [6, 6.07) is 0. The third-order valence-electron chi connectivity index (χ3n) is 0.822. The zero-order valence-electron chi connectivity index (χ0n) is 3.98. The zero-order chi connectivity index (χ0) is 6.15. The van der Waals surface area contributed by atoms with E-state index in [2.05, 4.69) is 0 Å². The number of hydrogen-bond donors (Lipinski definition) is 2. The second kappa shape index (κ2) is 1.85. The Morgan fingerprint density at radius 3 is 1.75 bits per heavy atom. The Morgan fingerprint density at radius 1 is 1.25 bits per heavy atom. The highest BCUT2D eigenvalue weighted by Crippen LogP contribution is 2.08. The molecule has 0 saturated heterocycles. The van der Waals surface area contributed by atoms with Gasteiger partial charge >= 0.3 is 0 Å². The molecule has 0 saturated carbocycles. The standard InChI is InChI=1S/C4H4IN3/c5-8-3(6)1-2-4(8)7/h1-2,6-7H. The minimum Gasteiger partial charge on any atom is -0.284 e. The molecule has 0 amide bonds. The molecule has 1 aliphatic rings. The largest absolute Gasteiger partial charge is 0.284 e. The predicted octanol–water partition coefficient (Wildman–Crippen LogP) is 1.16. The van der Waals surface area contributed by atoms with Crippen molar-refractivity contribution in [3.05, 3.63) is 12.2 Å². The quantitative estimate of drug-likeness (QED) is 0.468. The van der Waals surface area contributed by atoms with Crippen LogP contribution in [0.5, 0.6) is 0 Å². The van der Waals surface area contributed by atoms with Crippen LogP contribution < -0.4 is 0 Å². The van der Waals surface area contributed by atoms with E-state index in [9.17, 15) is 0 Å². The van der Waals surface area contributed by atoms with Crippen LogP contribution in [0.15, 0.2) is 12.2 Å². The predicted molar refractivity (Wildman–Crippen MR) is 40.5 cm³/mol. The highest BCUT2D eigenvalue weighted by molar-refractivity contribution is 14.1. The highest BCUT2D eigenvalue weighted by atomic mass is 127. The molecule has 4 heteroatoms. The smallest absolute Gasteiger partial charge is 0.135 e. The Labute approximate surface area is 60.9 Å². The summed E-state index contributed by atoms with van der Waals surface area (Å²) >= 11 is 1.91. The number of rotatable bonds is 0. The van der Waals surface area contributed by atoms with E-state index in [0.29, 0.717) is 11.7 Å². The lowest BCUT2D eigenvalue weighted by Crippen LogP contribution is -2.16. The fourth-order valence-electron chi connectivity index (χ4n) is 0.419. The summed E-state index contributed by atoms with van der Waals surface area (Å²) in [6.07, 6.45) is 3.18. The molecular weight excluding hydrogens is 217 g/mol. The topological polar surface area (TPSA) is 50.9 Å². The Bertz CT molecular complexity index is 154. The number of nitrogens with zero attached hydrogens (tertiary/aromatic N) is 1. The lowest BCUT2D eigenvalue weighted by molar-refractivity contribution is 1.07. The van der Waals surface area contributed by atoms with Gasteiger partial charge in [-0.05, 0) is 12.2 Å². The van der Waals surface area contributed by atoms with Crippen molar-refractivity contribution in [3.63, 3.8) is 0 Å². The molecule has 0 atom stereocenters. The van der Waals surface area contributed by atoms with Gasteiger partial charge in [-0.1, -0.05) is 0 Å². The first-order valence-electron chi connectivity index (χ1n) is 2.03. The first-order chi connectivity index (χ1) is 3.72. The normalized spacial score (nSPS) is 18.4. The van der Waals surface area contributed by atoms with Crippen LogP contribution in [0.25, 0.3) is 0 Å². The van der Waals surface area contributed by atoms with Gasteiger partial charge < -0.3 is 0 Å². The van der Waals surface area contributed by atoms with Gasteiger partial charge in [0.25, 0.3) is 0 Å². The number of nitrogens with one attached hydrogen (secondary N) is 2. The summed E-state index contributed by atoms with van der Waals surface area (Å²) in [5, 5.41) is 14.2. The van der Waals surface area contributed by atoms with Crippen molar-refractivity contribution in [1.82, 2.24) is 3.11 Å². The minimum absolute atomic E-state index is 0.371. The van der Waals surface area contributed by atoms with Crippen LogP contribution in [-0.4, -0.2) is 14.8 Å². The average Bonchev–Trinajstić information content (AvgIpc) is 1.98. The van der Waals surface area contributed by atoms with Crippen molar-refractivity contribution >= 4 is 34.5 Å². The maximum absolute atomic E-state index is 7.08. The average molecular weight is 221 g/mol. The molecule has 0 unspecified atom stereocenters. The second-order valence-corrected chi connectivity index (χ2v) is 2.35. The van der Waals surface area contributed by atoms with E-state index in [0.717, 1.165) is 0 Å². The first kappa shape index (κ1) is 5.74. The third kappa shape index (κ3) is 0.750. The SMILES string of the molecule is N=C1C=CC(=N)N1I. The van der Waals surface area contributed by atoms with Crippen molar-refractivity contribution in [1.29, 1.82) is 10.8 Å². The summed E-state index contributed by atoms with van der Waals surface area (Å²) < 4.78 is 1.47. The van der Waals surface area contributed by atoms with Crippen LogP contribution in [0.3, 0.4) is 0 Å². The van der Waals surface area contributed by atoms with Gasteiger partial charge in [0.05, 0.1) is 22.9 Å². The van der Waals surface area contributed by atoms with Crippen LogP contribution in [0.2, 0.25) is 0 Å². The molecule has 0 spiro atoms. The maximum atomic E-state index is 7.08. The van der Waals surface area contributed by atoms with Crippen LogP contribution >= 0.6 is 22.9 Å². The van der Waals surface area contributed by atoms with E-state index in [1.165, 1.54) is 3.11 Å². The van der Waals surface area contributed by atoms with Gasteiger partial charge in [0, 0.05) is 0 Å². The van der Waals surface area contributed by atoms with E-state index in [1.54, 1.807) is 12.2 Å². The molecule has 1 aliphatic heterocycles. The first-order valence-corrected chi connectivity index (χ1v) is 2.99. The van der Waals surface area contributed by atoms with Gasteiger partial charge in [-0.25, -0.2) is 0 Å². The van der Waals surface area contributed by atoms with Crippen molar-refractivity contribution in [2.45, 2.75) is 0 Å². The highest BCUT2D eigenvalue weighted by Gasteiger charge is 2.12.